The minimum absolute atomic E-state index is 0.341. The molecule has 0 aliphatic carbocycles. The smallest absolute Gasteiger partial charge is 0.300 e. The lowest BCUT2D eigenvalue weighted by atomic mass is 10.1. The van der Waals surface area contributed by atoms with Crippen molar-refractivity contribution >= 4 is 5.97 Å². The molecule has 1 unspecified atom stereocenters. The molecule has 1 aromatic carbocycles. The molecule has 13 heavy (non-hydrogen) atoms. The third kappa shape index (κ3) is 7.03. The van der Waals surface area contributed by atoms with Gasteiger partial charge >= 0.3 is 0 Å². The second kappa shape index (κ2) is 6.20. The minimum atomic E-state index is -0.833. The van der Waals surface area contributed by atoms with Crippen LogP contribution >= 0.6 is 0 Å². The molecule has 0 aliphatic rings. The maximum absolute atomic E-state index is 9.02. The van der Waals surface area contributed by atoms with E-state index < -0.39 is 5.97 Å². The molecule has 3 heteroatoms. The lowest BCUT2D eigenvalue weighted by molar-refractivity contribution is -0.134. The number of aliphatic hydroxyl groups is 1. The van der Waals surface area contributed by atoms with Crippen molar-refractivity contribution in [1.29, 1.82) is 0 Å². The van der Waals surface area contributed by atoms with Crippen molar-refractivity contribution in [3.8, 4) is 0 Å². The van der Waals surface area contributed by atoms with Gasteiger partial charge < -0.3 is 10.2 Å². The van der Waals surface area contributed by atoms with Crippen LogP contribution < -0.4 is 0 Å². The topological polar surface area (TPSA) is 57.5 Å². The van der Waals surface area contributed by atoms with Crippen LogP contribution in [0.25, 0.3) is 0 Å². The average molecular weight is 182 g/mol. The van der Waals surface area contributed by atoms with Gasteiger partial charge in [0, 0.05) is 6.92 Å². The lowest BCUT2D eigenvalue weighted by Gasteiger charge is -2.00. The van der Waals surface area contributed by atoms with Crippen molar-refractivity contribution in [2.75, 3.05) is 0 Å². The van der Waals surface area contributed by atoms with E-state index in [0.717, 1.165) is 12.5 Å². The maximum Gasteiger partial charge on any atom is 0.300 e. The third-order valence-electron chi connectivity index (χ3n) is 1.28. The van der Waals surface area contributed by atoms with Gasteiger partial charge in [0.25, 0.3) is 5.97 Å². The molecule has 0 heterocycles. The Hall–Kier alpha value is -1.35. The van der Waals surface area contributed by atoms with Crippen molar-refractivity contribution < 1.29 is 15.0 Å². The summed E-state index contributed by atoms with van der Waals surface area (Å²) in [7, 11) is 0. The van der Waals surface area contributed by atoms with Crippen molar-refractivity contribution in [2.24, 2.45) is 0 Å². The van der Waals surface area contributed by atoms with E-state index in [1.807, 2.05) is 30.3 Å². The van der Waals surface area contributed by atoms with Crippen LogP contribution in [0.4, 0.5) is 0 Å². The maximum atomic E-state index is 9.02. The Morgan fingerprint density at radius 3 is 1.92 bits per heavy atom. The largest absolute Gasteiger partial charge is 0.481 e. The summed E-state index contributed by atoms with van der Waals surface area (Å²) in [4.78, 5) is 9.00. The number of rotatable bonds is 1. The molecule has 0 radical (unpaired) electrons. The van der Waals surface area contributed by atoms with Crippen molar-refractivity contribution in [3.05, 3.63) is 35.9 Å². The fraction of sp³-hybridized carbons (Fsp3) is 0.300. The van der Waals surface area contributed by atoms with E-state index >= 15 is 0 Å². The van der Waals surface area contributed by atoms with Gasteiger partial charge in [0.2, 0.25) is 0 Å². The highest BCUT2D eigenvalue weighted by Crippen LogP contribution is 2.08. The molecule has 0 amide bonds. The predicted octanol–water partition coefficient (Wildman–Crippen LogP) is 1.83. The number of carboxylic acids is 1. The quantitative estimate of drug-likeness (QED) is 0.696. The van der Waals surface area contributed by atoms with Crippen LogP contribution in [-0.4, -0.2) is 16.2 Å². The zero-order valence-corrected chi connectivity index (χ0v) is 7.77. The van der Waals surface area contributed by atoms with Gasteiger partial charge in [-0.2, -0.15) is 0 Å². The van der Waals surface area contributed by atoms with Crippen LogP contribution in [0, 0.1) is 0 Å². The van der Waals surface area contributed by atoms with E-state index in [1.54, 1.807) is 6.92 Å². The predicted molar refractivity (Wildman–Crippen MR) is 50.4 cm³/mol. The second-order valence-electron chi connectivity index (χ2n) is 2.61. The van der Waals surface area contributed by atoms with Crippen LogP contribution in [-0.2, 0) is 4.79 Å². The molecular weight excluding hydrogens is 168 g/mol. The van der Waals surface area contributed by atoms with Crippen LogP contribution in [0.5, 0.6) is 0 Å². The molecule has 0 bridgehead atoms. The fourth-order valence-corrected chi connectivity index (χ4v) is 0.732. The monoisotopic (exact) mass is 182 g/mol. The first-order chi connectivity index (χ1) is 6.04. The first-order valence-electron chi connectivity index (χ1n) is 3.96. The highest BCUT2D eigenvalue weighted by Gasteiger charge is 1.95. The van der Waals surface area contributed by atoms with Crippen LogP contribution in [0.1, 0.15) is 25.5 Å². The van der Waals surface area contributed by atoms with Crippen molar-refractivity contribution in [2.45, 2.75) is 20.0 Å². The molecule has 1 rings (SSSR count). The Morgan fingerprint density at radius 2 is 1.69 bits per heavy atom. The van der Waals surface area contributed by atoms with E-state index in [-0.39, 0.29) is 6.10 Å². The Bertz CT molecular complexity index is 238. The van der Waals surface area contributed by atoms with Gasteiger partial charge in [-0.25, -0.2) is 0 Å². The van der Waals surface area contributed by atoms with Gasteiger partial charge in [0.05, 0.1) is 6.10 Å². The summed E-state index contributed by atoms with van der Waals surface area (Å²) in [6.07, 6.45) is -0.341. The summed E-state index contributed by atoms with van der Waals surface area (Å²) in [6, 6.07) is 9.59. The standard InChI is InChI=1S/C8H10O.C2H4O2/c1-7(9)8-5-3-2-4-6-8;1-2(3)4/h2-7,9H,1H3;1H3,(H,3,4). The average Bonchev–Trinajstić information content (AvgIpc) is 2.05. The molecule has 1 atom stereocenters. The molecule has 0 aliphatic heterocycles. The number of benzene rings is 1. The van der Waals surface area contributed by atoms with Crippen molar-refractivity contribution in [1.82, 2.24) is 0 Å². The summed E-state index contributed by atoms with van der Waals surface area (Å²) >= 11 is 0. The molecule has 0 saturated carbocycles. The molecular formula is C10H14O3. The highest BCUT2D eigenvalue weighted by atomic mass is 16.4. The summed E-state index contributed by atoms with van der Waals surface area (Å²) in [5.41, 5.74) is 0.970. The van der Waals surface area contributed by atoms with E-state index in [2.05, 4.69) is 0 Å². The first-order valence-corrected chi connectivity index (χ1v) is 3.96. The first kappa shape index (κ1) is 11.6. The van der Waals surface area contributed by atoms with Crippen LogP contribution in [0.2, 0.25) is 0 Å². The highest BCUT2D eigenvalue weighted by molar-refractivity contribution is 5.62. The van der Waals surface area contributed by atoms with E-state index in [0.29, 0.717) is 0 Å². The fourth-order valence-electron chi connectivity index (χ4n) is 0.732. The Labute approximate surface area is 77.6 Å². The lowest BCUT2D eigenvalue weighted by Crippen LogP contribution is -1.87. The number of aliphatic hydroxyl groups excluding tert-OH is 1. The van der Waals surface area contributed by atoms with E-state index in [1.165, 1.54) is 0 Å². The Morgan fingerprint density at radius 1 is 1.31 bits per heavy atom. The molecule has 0 aromatic heterocycles. The minimum Gasteiger partial charge on any atom is -0.481 e. The second-order valence-corrected chi connectivity index (χ2v) is 2.61. The molecule has 0 spiro atoms. The number of carboxylic acid groups (broad SMARTS) is 1. The summed E-state index contributed by atoms with van der Waals surface area (Å²) in [5.74, 6) is -0.833. The van der Waals surface area contributed by atoms with Crippen LogP contribution in [0.15, 0.2) is 30.3 Å². The van der Waals surface area contributed by atoms with E-state index in [4.69, 9.17) is 15.0 Å². The number of hydrogen-bond acceptors (Lipinski definition) is 2. The van der Waals surface area contributed by atoms with Gasteiger partial charge in [0.1, 0.15) is 0 Å². The van der Waals surface area contributed by atoms with E-state index in [9.17, 15) is 0 Å². The normalized spacial score (nSPS) is 11.0. The van der Waals surface area contributed by atoms with Gasteiger partial charge in [-0.15, -0.1) is 0 Å². The molecule has 2 N–H and O–H groups in total. The number of aliphatic carboxylic acids is 1. The Balaban J connectivity index is 0.000000310. The van der Waals surface area contributed by atoms with Gasteiger partial charge in [-0.3, -0.25) is 4.79 Å². The van der Waals surface area contributed by atoms with Gasteiger partial charge in [-0.05, 0) is 12.5 Å². The van der Waals surface area contributed by atoms with Gasteiger partial charge in [-0.1, -0.05) is 30.3 Å². The zero-order valence-electron chi connectivity index (χ0n) is 7.77. The number of hydrogen-bond donors (Lipinski definition) is 2. The molecule has 3 nitrogen and oxygen atoms in total. The Kier molecular flexibility index (Phi) is 5.55. The summed E-state index contributed by atoms with van der Waals surface area (Å²) < 4.78 is 0. The molecule has 0 fully saturated rings. The molecule has 72 valence electrons. The molecule has 1 aromatic rings. The summed E-state index contributed by atoms with van der Waals surface area (Å²) in [5, 5.41) is 16.4. The van der Waals surface area contributed by atoms with Gasteiger partial charge in [0.15, 0.2) is 0 Å². The SMILES string of the molecule is CC(=O)O.CC(O)c1ccccc1. The zero-order chi connectivity index (χ0) is 10.3. The third-order valence-corrected chi connectivity index (χ3v) is 1.28. The number of carbonyl (C=O) groups is 1. The molecule has 0 saturated heterocycles. The summed E-state index contributed by atoms with van der Waals surface area (Å²) in [6.45, 7) is 2.84. The van der Waals surface area contributed by atoms with Crippen LogP contribution in [0.3, 0.4) is 0 Å². The van der Waals surface area contributed by atoms with Crippen molar-refractivity contribution in [3.63, 3.8) is 0 Å².